The molecule has 1 aliphatic rings. The molecule has 0 amide bonds. The van der Waals surface area contributed by atoms with Gasteiger partial charge in [-0.25, -0.2) is 4.79 Å². The Kier molecular flexibility index (Phi) is 9.85. The highest BCUT2D eigenvalue weighted by atomic mass is 79.9. The molecule has 0 saturated carbocycles. The van der Waals surface area contributed by atoms with Gasteiger partial charge in [-0.05, 0) is 27.5 Å². The van der Waals surface area contributed by atoms with Gasteiger partial charge in [-0.3, -0.25) is 14.2 Å². The van der Waals surface area contributed by atoms with Crippen LogP contribution in [0.4, 0.5) is 11.5 Å². The quantitative estimate of drug-likeness (QED) is 0.0997. The van der Waals surface area contributed by atoms with Crippen LogP contribution in [0.2, 0.25) is 0 Å². The molecule has 1 aliphatic heterocycles. The fourth-order valence-corrected chi connectivity index (χ4v) is 4.01. The van der Waals surface area contributed by atoms with E-state index in [0.717, 1.165) is 0 Å². The van der Waals surface area contributed by atoms with E-state index in [1.165, 1.54) is 30.7 Å². The molecule has 198 valence electrons. The highest BCUT2D eigenvalue weighted by Crippen LogP contribution is 2.34. The van der Waals surface area contributed by atoms with Crippen LogP contribution < -0.4 is 11.0 Å². The van der Waals surface area contributed by atoms with Gasteiger partial charge in [0, 0.05) is 43.5 Å². The summed E-state index contributed by atoms with van der Waals surface area (Å²) in [7, 11) is 0. The van der Waals surface area contributed by atoms with Crippen LogP contribution in [0.25, 0.3) is 10.4 Å². The van der Waals surface area contributed by atoms with Gasteiger partial charge in [0.1, 0.15) is 30.8 Å². The first-order valence-corrected chi connectivity index (χ1v) is 11.9. The molecule has 2 heterocycles. The summed E-state index contributed by atoms with van der Waals surface area (Å²) in [6.07, 6.45) is -0.724. The summed E-state index contributed by atoms with van der Waals surface area (Å²) in [5.74, 6) is -1.02. The molecule has 14 nitrogen and oxygen atoms in total. The number of azide groups is 1. The number of aromatic nitrogens is 2. The second-order valence-corrected chi connectivity index (χ2v) is 8.74. The molecule has 3 unspecified atom stereocenters. The van der Waals surface area contributed by atoms with E-state index in [1.54, 1.807) is 12.1 Å². The largest absolute Gasteiger partial charge is 0.506 e. The standard InChI is InChI=1S/C22H25BrN6O8/c1-12(30)35-11-18-17(36-13(2)31)8-19(37-18)29-9-15(23)21(27-22(29)33)26-20-14(4-3-5-16(20)32)10-34-7-6-25-28-24/h3-5,9,17-19,32H,6-8,10-11H2,1-2H3,(H,26,27,33). The predicted octanol–water partition coefficient (Wildman–Crippen LogP) is 3.06. The Hall–Kier alpha value is -3.65. The third-order valence-electron chi connectivity index (χ3n) is 5.19. The zero-order valence-corrected chi connectivity index (χ0v) is 21.6. The van der Waals surface area contributed by atoms with Gasteiger partial charge in [0.05, 0.1) is 23.4 Å². The van der Waals surface area contributed by atoms with Crippen molar-refractivity contribution < 1.29 is 33.6 Å². The van der Waals surface area contributed by atoms with Gasteiger partial charge >= 0.3 is 17.6 Å². The maximum Gasteiger partial charge on any atom is 0.351 e. The Morgan fingerprint density at radius 3 is 2.86 bits per heavy atom. The highest BCUT2D eigenvalue weighted by Gasteiger charge is 2.40. The van der Waals surface area contributed by atoms with Crippen molar-refractivity contribution in [3.63, 3.8) is 0 Å². The van der Waals surface area contributed by atoms with E-state index in [4.69, 9.17) is 24.5 Å². The highest BCUT2D eigenvalue weighted by molar-refractivity contribution is 9.10. The number of esters is 2. The zero-order valence-electron chi connectivity index (χ0n) is 20.0. The molecule has 1 aromatic carbocycles. The van der Waals surface area contributed by atoms with E-state index in [2.05, 4.69) is 36.3 Å². The van der Waals surface area contributed by atoms with E-state index in [-0.39, 0.29) is 50.0 Å². The molecule has 0 radical (unpaired) electrons. The lowest BCUT2D eigenvalue weighted by molar-refractivity contribution is -0.155. The normalized spacial score (nSPS) is 18.6. The van der Waals surface area contributed by atoms with Crippen LogP contribution in [0.15, 0.2) is 38.8 Å². The Labute approximate surface area is 219 Å². The maximum atomic E-state index is 12.9. The first-order chi connectivity index (χ1) is 17.7. The van der Waals surface area contributed by atoms with Crippen LogP contribution in [-0.2, 0) is 35.1 Å². The van der Waals surface area contributed by atoms with Crippen LogP contribution in [0.1, 0.15) is 32.1 Å². The fraction of sp³-hybridized carbons (Fsp3) is 0.455. The molecule has 2 aromatic rings. The minimum atomic E-state index is -0.833. The van der Waals surface area contributed by atoms with Crippen LogP contribution in [0, 0.1) is 0 Å². The number of aromatic hydroxyl groups is 1. The van der Waals surface area contributed by atoms with Gasteiger partial charge in [0.15, 0.2) is 5.82 Å². The SMILES string of the molecule is CC(=O)OCC1OC(n2cc(Br)c(Nc3c(O)cccc3COCCN=[N+]=[N-])nc2=O)CC1OC(C)=O. The molecule has 15 heteroatoms. The number of phenols is 1. The number of para-hydroxylation sites is 1. The molecule has 1 fully saturated rings. The summed E-state index contributed by atoms with van der Waals surface area (Å²) in [5, 5.41) is 16.7. The van der Waals surface area contributed by atoms with Crippen molar-refractivity contribution in [1.82, 2.24) is 9.55 Å². The zero-order chi connectivity index (χ0) is 26.9. The van der Waals surface area contributed by atoms with Gasteiger partial charge in [0.25, 0.3) is 0 Å². The number of carbonyl (C=O) groups is 2. The second-order valence-electron chi connectivity index (χ2n) is 7.89. The summed E-state index contributed by atoms with van der Waals surface area (Å²) in [5.41, 5.74) is 8.53. The van der Waals surface area contributed by atoms with Gasteiger partial charge in [0.2, 0.25) is 0 Å². The lowest BCUT2D eigenvalue weighted by Crippen LogP contribution is -2.31. The number of phenolic OH excluding ortho intramolecular Hbond substituents is 1. The molecule has 0 spiro atoms. The van der Waals surface area contributed by atoms with Crippen LogP contribution in [0.3, 0.4) is 0 Å². The molecule has 37 heavy (non-hydrogen) atoms. The van der Waals surface area contributed by atoms with Gasteiger partial charge in [-0.2, -0.15) is 4.98 Å². The summed E-state index contributed by atoms with van der Waals surface area (Å²) in [6.45, 7) is 2.80. The van der Waals surface area contributed by atoms with E-state index < -0.39 is 36.1 Å². The number of carbonyl (C=O) groups excluding carboxylic acids is 2. The predicted molar refractivity (Wildman–Crippen MR) is 132 cm³/mol. The van der Waals surface area contributed by atoms with Crippen LogP contribution in [0.5, 0.6) is 5.75 Å². The van der Waals surface area contributed by atoms with Crippen molar-refractivity contribution in [2.24, 2.45) is 5.11 Å². The monoisotopic (exact) mass is 580 g/mol. The summed E-state index contributed by atoms with van der Waals surface area (Å²) < 4.78 is 23.2. The number of nitrogens with one attached hydrogen (secondary N) is 1. The molecule has 1 saturated heterocycles. The number of halogens is 1. The minimum Gasteiger partial charge on any atom is -0.506 e. The Bertz CT molecular complexity index is 1250. The molecular weight excluding hydrogens is 556 g/mol. The van der Waals surface area contributed by atoms with Crippen molar-refractivity contribution in [1.29, 1.82) is 0 Å². The molecule has 3 atom stereocenters. The van der Waals surface area contributed by atoms with Crippen molar-refractivity contribution in [2.75, 3.05) is 25.1 Å². The number of benzene rings is 1. The summed E-state index contributed by atoms with van der Waals surface area (Å²) in [6, 6.07) is 4.82. The maximum absolute atomic E-state index is 12.9. The Morgan fingerprint density at radius 1 is 1.38 bits per heavy atom. The third kappa shape index (κ3) is 7.67. The van der Waals surface area contributed by atoms with Crippen molar-refractivity contribution in [2.45, 2.75) is 45.3 Å². The average molecular weight is 581 g/mol. The van der Waals surface area contributed by atoms with E-state index in [9.17, 15) is 19.5 Å². The number of nitrogens with zero attached hydrogens (tertiary/aromatic N) is 5. The van der Waals surface area contributed by atoms with E-state index in [1.807, 2.05) is 0 Å². The second kappa shape index (κ2) is 13.1. The van der Waals surface area contributed by atoms with Gasteiger partial charge in [-0.15, -0.1) is 0 Å². The number of hydrogen-bond donors (Lipinski definition) is 2. The Balaban J connectivity index is 1.79. The van der Waals surface area contributed by atoms with Crippen molar-refractivity contribution in [3.05, 3.63) is 55.4 Å². The molecule has 0 aliphatic carbocycles. The Morgan fingerprint density at radius 2 is 2.16 bits per heavy atom. The molecule has 3 rings (SSSR count). The molecular formula is C22H25BrN6O8. The van der Waals surface area contributed by atoms with Gasteiger partial charge in [-0.1, -0.05) is 17.2 Å². The van der Waals surface area contributed by atoms with Crippen molar-refractivity contribution in [3.8, 4) is 5.75 Å². The topological polar surface area (TPSA) is 187 Å². The van der Waals surface area contributed by atoms with E-state index in [0.29, 0.717) is 10.0 Å². The first kappa shape index (κ1) is 27.9. The summed E-state index contributed by atoms with van der Waals surface area (Å²) >= 11 is 3.38. The van der Waals surface area contributed by atoms with Crippen LogP contribution >= 0.6 is 15.9 Å². The third-order valence-corrected chi connectivity index (χ3v) is 5.77. The number of anilines is 2. The molecule has 0 bridgehead atoms. The number of rotatable bonds is 11. The molecule has 2 N–H and O–H groups in total. The molecule has 1 aromatic heterocycles. The van der Waals surface area contributed by atoms with Crippen molar-refractivity contribution >= 4 is 39.4 Å². The lowest BCUT2D eigenvalue weighted by atomic mass is 10.1. The lowest BCUT2D eigenvalue weighted by Gasteiger charge is -2.18. The number of ether oxygens (including phenoxy) is 4. The number of hydrogen-bond acceptors (Lipinski definition) is 11. The van der Waals surface area contributed by atoms with Gasteiger partial charge < -0.3 is 29.4 Å². The fourth-order valence-electron chi connectivity index (χ4n) is 3.60. The minimum absolute atomic E-state index is 0.0920. The van der Waals surface area contributed by atoms with Crippen LogP contribution in [-0.4, -0.2) is 58.6 Å². The first-order valence-electron chi connectivity index (χ1n) is 11.1. The summed E-state index contributed by atoms with van der Waals surface area (Å²) in [4.78, 5) is 42.3. The van der Waals surface area contributed by atoms with E-state index >= 15 is 0 Å². The average Bonchev–Trinajstić information content (AvgIpc) is 3.23. The smallest absolute Gasteiger partial charge is 0.351 e.